The third kappa shape index (κ3) is 3.69. The number of fused-ring (bicyclic) bond motifs is 3. The summed E-state index contributed by atoms with van der Waals surface area (Å²) in [4.78, 5) is 14.6. The summed E-state index contributed by atoms with van der Waals surface area (Å²) in [5, 5.41) is 10.4. The number of carbonyl (C=O) groups is 1. The molecule has 1 aliphatic carbocycles. The molecule has 1 fully saturated rings. The van der Waals surface area contributed by atoms with Gasteiger partial charge in [-0.1, -0.05) is 17.7 Å². The molecule has 2 aromatic carbocycles. The molecule has 0 bridgehead atoms. The molecular formula is C25H28ClNO5. The SMILES string of the molecule is COC(=O)c1ccc2c(c1)N(C[C@@H]1CC[C@H]1CO)CC1(CCOc3cc(Cl)ccc31)CO2. The van der Waals surface area contributed by atoms with E-state index in [-0.39, 0.29) is 18.0 Å². The molecule has 2 heterocycles. The number of methoxy groups -OCH3 is 1. The molecule has 5 rings (SSSR count). The van der Waals surface area contributed by atoms with Crippen molar-refractivity contribution in [3.05, 3.63) is 52.5 Å². The maximum Gasteiger partial charge on any atom is 0.337 e. The molecule has 32 heavy (non-hydrogen) atoms. The standard InChI is InChI=1S/C25H28ClNO5/c1-30-24(29)16-4-7-22-21(10-16)27(12-17-2-3-18(17)13-28)14-25(15-32-22)8-9-31-23-11-19(26)5-6-20(23)25/h4-7,10-11,17-18,28H,2-3,8-9,12-15H2,1H3/t17-,18-,25?/m0/s1. The number of hydrogen-bond donors (Lipinski definition) is 1. The monoisotopic (exact) mass is 457 g/mol. The Hall–Kier alpha value is -2.44. The van der Waals surface area contributed by atoms with Crippen LogP contribution in [0.2, 0.25) is 5.02 Å². The molecule has 3 aliphatic rings. The van der Waals surface area contributed by atoms with Gasteiger partial charge in [0.05, 0.1) is 37.0 Å². The van der Waals surface area contributed by atoms with Gasteiger partial charge in [-0.05, 0) is 61.4 Å². The molecular weight excluding hydrogens is 430 g/mol. The van der Waals surface area contributed by atoms with E-state index < -0.39 is 0 Å². The second-order valence-electron chi connectivity index (χ2n) is 9.14. The first-order chi connectivity index (χ1) is 15.5. The molecule has 0 radical (unpaired) electrons. The van der Waals surface area contributed by atoms with Crippen molar-refractivity contribution in [2.75, 3.05) is 44.9 Å². The van der Waals surface area contributed by atoms with Crippen LogP contribution in [0.3, 0.4) is 0 Å². The van der Waals surface area contributed by atoms with E-state index in [4.69, 9.17) is 25.8 Å². The first-order valence-electron chi connectivity index (χ1n) is 11.2. The number of halogens is 1. The van der Waals surface area contributed by atoms with Crippen LogP contribution in [0.15, 0.2) is 36.4 Å². The number of aliphatic hydroxyl groups is 1. The van der Waals surface area contributed by atoms with E-state index in [9.17, 15) is 9.90 Å². The second kappa shape index (κ2) is 8.49. The van der Waals surface area contributed by atoms with Crippen LogP contribution < -0.4 is 14.4 Å². The lowest BCUT2D eigenvalue weighted by Crippen LogP contribution is -2.49. The van der Waals surface area contributed by atoms with Crippen LogP contribution in [0, 0.1) is 11.8 Å². The molecule has 0 saturated heterocycles. The Bertz CT molecular complexity index is 1030. The molecule has 0 amide bonds. The topological polar surface area (TPSA) is 68.2 Å². The van der Waals surface area contributed by atoms with Crippen molar-refractivity contribution in [1.82, 2.24) is 0 Å². The van der Waals surface area contributed by atoms with Crippen molar-refractivity contribution >= 4 is 23.3 Å². The van der Waals surface area contributed by atoms with E-state index >= 15 is 0 Å². The third-order valence-electron chi connectivity index (χ3n) is 7.34. The number of esters is 1. The van der Waals surface area contributed by atoms with E-state index in [1.165, 1.54) is 7.11 Å². The van der Waals surface area contributed by atoms with E-state index in [1.54, 1.807) is 6.07 Å². The predicted molar refractivity (Wildman–Crippen MR) is 122 cm³/mol. The highest BCUT2D eigenvalue weighted by Crippen LogP contribution is 2.46. The lowest BCUT2D eigenvalue weighted by Gasteiger charge is -2.44. The maximum atomic E-state index is 12.2. The van der Waals surface area contributed by atoms with Gasteiger partial charge in [-0.15, -0.1) is 0 Å². The van der Waals surface area contributed by atoms with Gasteiger partial charge in [-0.25, -0.2) is 4.79 Å². The van der Waals surface area contributed by atoms with Gasteiger partial charge in [0.1, 0.15) is 11.5 Å². The zero-order chi connectivity index (χ0) is 22.3. The van der Waals surface area contributed by atoms with Crippen molar-refractivity contribution in [1.29, 1.82) is 0 Å². The first kappa shape index (κ1) is 21.4. The number of anilines is 1. The van der Waals surface area contributed by atoms with Gasteiger partial charge in [-0.3, -0.25) is 0 Å². The van der Waals surface area contributed by atoms with E-state index in [0.29, 0.717) is 35.6 Å². The van der Waals surface area contributed by atoms with Crippen LogP contribution in [-0.4, -0.2) is 51.1 Å². The zero-order valence-corrected chi connectivity index (χ0v) is 18.9. The highest BCUT2D eigenvalue weighted by Gasteiger charge is 2.44. The van der Waals surface area contributed by atoms with Gasteiger partial charge >= 0.3 is 5.97 Å². The molecule has 1 N–H and O–H groups in total. The average molecular weight is 458 g/mol. The minimum absolute atomic E-state index is 0.213. The summed E-state index contributed by atoms with van der Waals surface area (Å²) in [5.41, 5.74) is 2.24. The van der Waals surface area contributed by atoms with Crippen LogP contribution in [0.4, 0.5) is 5.69 Å². The van der Waals surface area contributed by atoms with E-state index in [1.807, 2.05) is 30.3 Å². The molecule has 1 unspecified atom stereocenters. The second-order valence-corrected chi connectivity index (χ2v) is 9.58. The van der Waals surface area contributed by atoms with Crippen molar-refractivity contribution in [2.24, 2.45) is 11.8 Å². The van der Waals surface area contributed by atoms with Gasteiger partial charge in [-0.2, -0.15) is 0 Å². The molecule has 7 heteroatoms. The third-order valence-corrected chi connectivity index (χ3v) is 7.57. The highest BCUT2D eigenvalue weighted by atomic mass is 35.5. The minimum atomic E-state index is -0.366. The Labute approximate surface area is 193 Å². The number of aliphatic hydroxyl groups excluding tert-OH is 1. The molecule has 3 atom stereocenters. The number of benzene rings is 2. The van der Waals surface area contributed by atoms with Gasteiger partial charge in [0.15, 0.2) is 0 Å². The Morgan fingerprint density at radius 2 is 2.03 bits per heavy atom. The fraction of sp³-hybridized carbons (Fsp3) is 0.480. The Balaban J connectivity index is 1.56. The van der Waals surface area contributed by atoms with E-state index in [2.05, 4.69) is 4.90 Å². The largest absolute Gasteiger partial charge is 0.493 e. The summed E-state index contributed by atoms with van der Waals surface area (Å²) < 4.78 is 17.3. The lowest BCUT2D eigenvalue weighted by atomic mass is 9.72. The van der Waals surface area contributed by atoms with Crippen LogP contribution in [0.1, 0.15) is 35.2 Å². The Morgan fingerprint density at radius 1 is 1.19 bits per heavy atom. The van der Waals surface area contributed by atoms with Crippen molar-refractivity contribution in [2.45, 2.75) is 24.7 Å². The van der Waals surface area contributed by atoms with Crippen LogP contribution in [-0.2, 0) is 10.2 Å². The summed E-state index contributed by atoms with van der Waals surface area (Å²) in [6, 6.07) is 11.3. The van der Waals surface area contributed by atoms with Gasteiger partial charge in [0.25, 0.3) is 0 Å². The molecule has 2 aromatic rings. The Morgan fingerprint density at radius 3 is 2.78 bits per heavy atom. The van der Waals surface area contributed by atoms with E-state index in [0.717, 1.165) is 55.1 Å². The number of nitrogens with zero attached hydrogens (tertiary/aromatic N) is 1. The quantitative estimate of drug-likeness (QED) is 0.698. The van der Waals surface area contributed by atoms with Crippen molar-refractivity contribution < 1.29 is 24.1 Å². The van der Waals surface area contributed by atoms with Crippen LogP contribution in [0.5, 0.6) is 11.5 Å². The number of ether oxygens (including phenoxy) is 3. The summed E-state index contributed by atoms with van der Waals surface area (Å²) >= 11 is 6.24. The zero-order valence-electron chi connectivity index (χ0n) is 18.2. The minimum Gasteiger partial charge on any atom is -0.493 e. The number of rotatable bonds is 4. The predicted octanol–water partition coefficient (Wildman–Crippen LogP) is 4.06. The van der Waals surface area contributed by atoms with Crippen LogP contribution in [0.25, 0.3) is 0 Å². The number of hydrogen-bond acceptors (Lipinski definition) is 6. The van der Waals surface area contributed by atoms with Crippen molar-refractivity contribution in [3.8, 4) is 11.5 Å². The first-order valence-corrected chi connectivity index (χ1v) is 11.5. The van der Waals surface area contributed by atoms with Crippen molar-refractivity contribution in [3.63, 3.8) is 0 Å². The normalized spacial score (nSPS) is 26.2. The molecule has 1 spiro atoms. The summed E-state index contributed by atoms with van der Waals surface area (Å²) in [5.74, 6) is 1.94. The lowest BCUT2D eigenvalue weighted by molar-refractivity contribution is 0.0600. The summed E-state index contributed by atoms with van der Waals surface area (Å²) in [7, 11) is 1.39. The van der Waals surface area contributed by atoms with Gasteiger partial charge < -0.3 is 24.2 Å². The smallest absolute Gasteiger partial charge is 0.337 e. The summed E-state index contributed by atoms with van der Waals surface area (Å²) in [6.07, 6.45) is 2.97. The molecule has 1 saturated carbocycles. The van der Waals surface area contributed by atoms with Gasteiger partial charge in [0.2, 0.25) is 0 Å². The maximum absolute atomic E-state index is 12.2. The number of carbonyl (C=O) groups excluding carboxylic acids is 1. The molecule has 6 nitrogen and oxygen atoms in total. The molecule has 0 aromatic heterocycles. The van der Waals surface area contributed by atoms with Gasteiger partial charge in [0, 0.05) is 30.3 Å². The average Bonchev–Trinajstić information content (AvgIpc) is 2.93. The Kier molecular flexibility index (Phi) is 5.68. The van der Waals surface area contributed by atoms with Crippen LogP contribution >= 0.6 is 11.6 Å². The summed E-state index contributed by atoms with van der Waals surface area (Å²) in [6.45, 7) is 2.86. The highest BCUT2D eigenvalue weighted by molar-refractivity contribution is 6.30. The molecule has 170 valence electrons. The fourth-order valence-corrected chi connectivity index (χ4v) is 5.43. The molecule has 2 aliphatic heterocycles. The fourth-order valence-electron chi connectivity index (χ4n) is 5.27.